The minimum absolute atomic E-state index is 0.113. The molecule has 0 saturated carbocycles. The SMILES string of the molecule is CCS(=O)(=O)c1cc([N+](=O)[O-])c(C(=O)N(C)CCCN2CCOCC2)cc1N(CCBr)CCBr. The van der Waals surface area contributed by atoms with Crippen LogP contribution in [0.3, 0.4) is 0 Å². The van der Waals surface area contributed by atoms with Gasteiger partial charge in [-0.2, -0.15) is 0 Å². The van der Waals surface area contributed by atoms with E-state index >= 15 is 0 Å². The summed E-state index contributed by atoms with van der Waals surface area (Å²) in [6.45, 7) is 6.72. The fraction of sp³-hybridized carbons (Fsp3) is 0.667. The zero-order chi connectivity index (χ0) is 25.3. The molecule has 10 nitrogen and oxygen atoms in total. The molecule has 1 aromatic rings. The van der Waals surface area contributed by atoms with Crippen molar-refractivity contribution >= 4 is 59.0 Å². The maximum atomic E-state index is 13.3. The Morgan fingerprint density at radius 3 is 2.32 bits per heavy atom. The zero-order valence-corrected chi connectivity index (χ0v) is 23.5. The molecule has 0 unspecified atom stereocenters. The van der Waals surface area contributed by atoms with Crippen molar-refractivity contribution in [3.63, 3.8) is 0 Å². The Labute approximate surface area is 217 Å². The summed E-state index contributed by atoms with van der Waals surface area (Å²) in [7, 11) is -2.17. The molecule has 1 aliphatic heterocycles. The number of sulfone groups is 1. The van der Waals surface area contributed by atoms with Crippen LogP contribution in [0.1, 0.15) is 23.7 Å². The van der Waals surface area contributed by atoms with Gasteiger partial charge in [0.25, 0.3) is 11.6 Å². The Kier molecular flexibility index (Phi) is 11.7. The minimum atomic E-state index is -3.77. The molecule has 0 spiro atoms. The molecule has 0 atom stereocenters. The number of carbonyl (C=O) groups excluding carboxylic acids is 1. The average Bonchev–Trinajstić information content (AvgIpc) is 2.83. The lowest BCUT2D eigenvalue weighted by Crippen LogP contribution is -2.38. The van der Waals surface area contributed by atoms with E-state index in [2.05, 4.69) is 36.8 Å². The molecule has 0 aromatic heterocycles. The third kappa shape index (κ3) is 7.61. The highest BCUT2D eigenvalue weighted by Crippen LogP contribution is 2.34. The van der Waals surface area contributed by atoms with Crippen LogP contribution in [0.15, 0.2) is 17.0 Å². The number of amides is 1. The van der Waals surface area contributed by atoms with E-state index in [0.29, 0.717) is 55.6 Å². The molecule has 1 saturated heterocycles. The number of hydrogen-bond donors (Lipinski definition) is 0. The zero-order valence-electron chi connectivity index (χ0n) is 19.5. The van der Waals surface area contributed by atoms with Crippen LogP contribution in [-0.2, 0) is 14.6 Å². The lowest BCUT2D eigenvalue weighted by molar-refractivity contribution is -0.385. The van der Waals surface area contributed by atoms with Crippen LogP contribution < -0.4 is 4.90 Å². The number of benzene rings is 1. The van der Waals surface area contributed by atoms with Gasteiger partial charge in [0.05, 0.1) is 34.5 Å². The van der Waals surface area contributed by atoms with Crippen molar-refractivity contribution in [2.45, 2.75) is 18.2 Å². The van der Waals surface area contributed by atoms with E-state index in [1.807, 2.05) is 4.90 Å². The number of morpholine rings is 1. The molecule has 1 fully saturated rings. The number of rotatable bonds is 13. The molecule has 0 radical (unpaired) electrons. The van der Waals surface area contributed by atoms with Crippen LogP contribution in [0.4, 0.5) is 11.4 Å². The van der Waals surface area contributed by atoms with Crippen LogP contribution in [0.5, 0.6) is 0 Å². The van der Waals surface area contributed by atoms with Gasteiger partial charge in [0.1, 0.15) is 5.56 Å². The summed E-state index contributed by atoms with van der Waals surface area (Å²) in [5.74, 6) is -0.712. The van der Waals surface area contributed by atoms with E-state index in [-0.39, 0.29) is 16.2 Å². The van der Waals surface area contributed by atoms with Crippen molar-refractivity contribution in [3.05, 3.63) is 27.8 Å². The molecule has 1 aliphatic rings. The Balaban J connectivity index is 2.41. The number of halogens is 2. The summed E-state index contributed by atoms with van der Waals surface area (Å²) in [6.07, 6.45) is 0.713. The number of nitro benzene ring substituents is 1. The van der Waals surface area contributed by atoms with E-state index in [4.69, 9.17) is 4.74 Å². The van der Waals surface area contributed by atoms with Crippen LogP contribution in [0.2, 0.25) is 0 Å². The normalized spacial score (nSPS) is 14.7. The van der Waals surface area contributed by atoms with E-state index in [0.717, 1.165) is 25.7 Å². The second kappa shape index (κ2) is 13.7. The van der Waals surface area contributed by atoms with Gasteiger partial charge in [-0.05, 0) is 12.5 Å². The van der Waals surface area contributed by atoms with Gasteiger partial charge in [0.2, 0.25) is 0 Å². The van der Waals surface area contributed by atoms with E-state index in [1.165, 1.54) is 17.9 Å². The molecular formula is C21H32Br2N4O6S. The molecule has 0 N–H and O–H groups in total. The van der Waals surface area contributed by atoms with Crippen LogP contribution in [0, 0.1) is 10.1 Å². The summed E-state index contributed by atoms with van der Waals surface area (Å²) in [5.41, 5.74) is -0.312. The fourth-order valence-corrected chi connectivity index (χ4v) is 5.72. The second-order valence-electron chi connectivity index (χ2n) is 7.90. The van der Waals surface area contributed by atoms with Crippen molar-refractivity contribution in [1.29, 1.82) is 0 Å². The highest BCUT2D eigenvalue weighted by Gasteiger charge is 2.31. The van der Waals surface area contributed by atoms with Crippen molar-refractivity contribution in [1.82, 2.24) is 9.80 Å². The van der Waals surface area contributed by atoms with Crippen molar-refractivity contribution in [2.24, 2.45) is 0 Å². The molecule has 2 rings (SSSR count). The number of nitro groups is 1. The minimum Gasteiger partial charge on any atom is -0.379 e. The van der Waals surface area contributed by atoms with Crippen LogP contribution >= 0.6 is 31.9 Å². The maximum absolute atomic E-state index is 13.3. The molecule has 0 aliphatic carbocycles. The number of nitrogens with zero attached hydrogens (tertiary/aromatic N) is 4. The Morgan fingerprint density at radius 2 is 1.79 bits per heavy atom. The summed E-state index contributed by atoms with van der Waals surface area (Å²) >= 11 is 6.75. The first-order chi connectivity index (χ1) is 16.2. The Hall–Kier alpha value is -1.28. The number of ether oxygens (including phenoxy) is 1. The first-order valence-corrected chi connectivity index (χ1v) is 15.0. The highest BCUT2D eigenvalue weighted by molar-refractivity contribution is 9.09. The van der Waals surface area contributed by atoms with Gasteiger partial charge in [0.15, 0.2) is 9.84 Å². The van der Waals surface area contributed by atoms with E-state index < -0.39 is 26.4 Å². The summed E-state index contributed by atoms with van der Waals surface area (Å²) < 4.78 is 31.0. The fourth-order valence-electron chi connectivity index (χ4n) is 3.75. The quantitative estimate of drug-likeness (QED) is 0.186. The van der Waals surface area contributed by atoms with Gasteiger partial charge in [-0.25, -0.2) is 8.42 Å². The lowest BCUT2D eigenvalue weighted by atomic mass is 10.1. The van der Waals surface area contributed by atoms with Gasteiger partial charge in [-0.1, -0.05) is 38.8 Å². The van der Waals surface area contributed by atoms with E-state index in [9.17, 15) is 23.3 Å². The summed E-state index contributed by atoms with van der Waals surface area (Å²) in [4.78, 5) is 29.8. The number of alkyl halides is 2. The monoisotopic (exact) mass is 626 g/mol. The third-order valence-electron chi connectivity index (χ3n) is 5.69. The molecule has 1 aromatic carbocycles. The van der Waals surface area contributed by atoms with Crippen LogP contribution in [-0.4, -0.2) is 105 Å². The molecule has 1 amide bonds. The molecule has 0 bridgehead atoms. The molecule has 192 valence electrons. The van der Waals surface area contributed by atoms with Gasteiger partial charge in [-0.15, -0.1) is 0 Å². The van der Waals surface area contributed by atoms with Crippen molar-refractivity contribution < 1.29 is 22.9 Å². The number of carbonyl (C=O) groups is 1. The second-order valence-corrected chi connectivity index (χ2v) is 11.7. The van der Waals surface area contributed by atoms with Gasteiger partial charge in [-0.3, -0.25) is 19.8 Å². The largest absolute Gasteiger partial charge is 0.379 e. The van der Waals surface area contributed by atoms with Gasteiger partial charge >= 0.3 is 0 Å². The molecular weight excluding hydrogens is 596 g/mol. The Morgan fingerprint density at radius 1 is 1.18 bits per heavy atom. The number of hydrogen-bond acceptors (Lipinski definition) is 8. The maximum Gasteiger partial charge on any atom is 0.283 e. The molecule has 13 heteroatoms. The number of anilines is 1. The summed E-state index contributed by atoms with van der Waals surface area (Å²) in [6, 6.07) is 2.41. The predicted octanol–water partition coefficient (Wildman–Crippen LogP) is 2.78. The summed E-state index contributed by atoms with van der Waals surface area (Å²) in [5, 5.41) is 13.0. The van der Waals surface area contributed by atoms with Crippen LogP contribution in [0.25, 0.3) is 0 Å². The molecule has 34 heavy (non-hydrogen) atoms. The third-order valence-corrected chi connectivity index (χ3v) is 8.15. The molecule has 1 heterocycles. The standard InChI is InChI=1S/C21H32Br2N4O6S/c1-3-34(31,32)20-16-18(27(29)30)17(15-19(20)26(9-5-22)10-6-23)21(28)24(2)7-4-8-25-11-13-33-14-12-25/h15-16H,3-14H2,1-2H3. The first kappa shape index (κ1) is 29.0. The van der Waals surface area contributed by atoms with Gasteiger partial charge < -0.3 is 14.5 Å². The van der Waals surface area contributed by atoms with Crippen molar-refractivity contribution in [3.8, 4) is 0 Å². The topological polar surface area (TPSA) is 113 Å². The van der Waals surface area contributed by atoms with Gasteiger partial charge in [0, 0.05) is 63.0 Å². The predicted molar refractivity (Wildman–Crippen MR) is 139 cm³/mol. The Bertz CT molecular complexity index is 951. The highest BCUT2D eigenvalue weighted by atomic mass is 79.9. The van der Waals surface area contributed by atoms with Crippen molar-refractivity contribution in [2.75, 3.05) is 80.8 Å². The lowest BCUT2D eigenvalue weighted by Gasteiger charge is -2.28. The van der Waals surface area contributed by atoms with E-state index in [1.54, 1.807) is 7.05 Å². The first-order valence-electron chi connectivity index (χ1n) is 11.1. The average molecular weight is 628 g/mol. The smallest absolute Gasteiger partial charge is 0.283 e.